The summed E-state index contributed by atoms with van der Waals surface area (Å²) in [4.78, 5) is 29.5. The van der Waals surface area contributed by atoms with Gasteiger partial charge in [-0.05, 0) is 38.0 Å². The van der Waals surface area contributed by atoms with Gasteiger partial charge in [-0.3, -0.25) is 9.69 Å². The fourth-order valence-electron chi connectivity index (χ4n) is 3.88. The zero-order valence-electron chi connectivity index (χ0n) is 18.6. The fraction of sp³-hybridized carbons (Fsp3) is 0.565. The summed E-state index contributed by atoms with van der Waals surface area (Å²) in [7, 11) is 0. The van der Waals surface area contributed by atoms with Crippen molar-refractivity contribution in [3.8, 4) is 5.75 Å². The normalized spacial score (nSPS) is 17.7. The lowest BCUT2D eigenvalue weighted by Crippen LogP contribution is -2.46. The van der Waals surface area contributed by atoms with Crippen LogP contribution in [0.15, 0.2) is 30.4 Å². The van der Waals surface area contributed by atoms with Gasteiger partial charge in [-0.15, -0.1) is 0 Å². The highest BCUT2D eigenvalue weighted by Crippen LogP contribution is 2.36. The zero-order valence-corrected chi connectivity index (χ0v) is 18.6. The van der Waals surface area contributed by atoms with Crippen molar-refractivity contribution in [2.75, 3.05) is 43.0 Å². The molecule has 3 amide bonds. The molecule has 2 aliphatic heterocycles. The maximum Gasteiger partial charge on any atom is 0.319 e. The van der Waals surface area contributed by atoms with E-state index in [1.165, 1.54) is 0 Å². The van der Waals surface area contributed by atoms with Crippen LogP contribution in [-0.2, 0) is 4.79 Å². The predicted octanol–water partition coefficient (Wildman–Crippen LogP) is 3.62. The van der Waals surface area contributed by atoms with Crippen molar-refractivity contribution in [3.05, 3.63) is 30.4 Å². The summed E-state index contributed by atoms with van der Waals surface area (Å²) in [6.07, 6.45) is 1.85. The van der Waals surface area contributed by atoms with E-state index in [1.54, 1.807) is 11.0 Å². The number of hydrogen-bond donors (Lipinski definition) is 2. The van der Waals surface area contributed by atoms with Crippen LogP contribution in [0.5, 0.6) is 5.75 Å². The Labute approximate surface area is 179 Å². The van der Waals surface area contributed by atoms with Crippen molar-refractivity contribution in [1.29, 1.82) is 0 Å². The second kappa shape index (κ2) is 9.08. The van der Waals surface area contributed by atoms with Gasteiger partial charge in [0.15, 0.2) is 0 Å². The number of fused-ring (bicyclic) bond motifs is 1. The van der Waals surface area contributed by atoms with E-state index < -0.39 is 5.41 Å². The smallest absolute Gasteiger partial charge is 0.319 e. The molecule has 2 aliphatic rings. The predicted molar refractivity (Wildman–Crippen MR) is 120 cm³/mol. The molecule has 0 spiro atoms. The third-order valence-electron chi connectivity index (χ3n) is 5.38. The Morgan fingerprint density at radius 2 is 1.90 bits per heavy atom. The molecule has 30 heavy (non-hydrogen) atoms. The lowest BCUT2D eigenvalue weighted by Gasteiger charge is -2.34. The standard InChI is InChI=1S/C23H34N4O3/c1-16(2)15-26-10-8-17(9-11-26)24-22(29)25-18-6-7-20-19(14-18)27(12-13-30-20)21(28)23(3,4)5/h6-7,14,17H,1,8-13,15H2,2-5H3,(H2,24,25,29). The first kappa shape index (κ1) is 22.2. The number of nitrogens with zero attached hydrogens (tertiary/aromatic N) is 2. The number of carbonyl (C=O) groups excluding carboxylic acids is 2. The summed E-state index contributed by atoms with van der Waals surface area (Å²) >= 11 is 0. The van der Waals surface area contributed by atoms with Gasteiger partial charge >= 0.3 is 6.03 Å². The number of ether oxygens (including phenoxy) is 1. The molecule has 164 valence electrons. The first-order valence-electron chi connectivity index (χ1n) is 10.7. The molecule has 2 N–H and O–H groups in total. The Hall–Kier alpha value is -2.54. The van der Waals surface area contributed by atoms with Gasteiger partial charge in [0, 0.05) is 36.8 Å². The minimum absolute atomic E-state index is 0.0372. The van der Waals surface area contributed by atoms with Crippen LogP contribution in [0.2, 0.25) is 0 Å². The second-order valence-corrected chi connectivity index (χ2v) is 9.34. The summed E-state index contributed by atoms with van der Waals surface area (Å²) in [5.74, 6) is 0.699. The largest absolute Gasteiger partial charge is 0.490 e. The van der Waals surface area contributed by atoms with Crippen LogP contribution in [0.3, 0.4) is 0 Å². The third-order valence-corrected chi connectivity index (χ3v) is 5.38. The topological polar surface area (TPSA) is 73.9 Å². The molecule has 3 rings (SSSR count). The quantitative estimate of drug-likeness (QED) is 0.738. The first-order valence-corrected chi connectivity index (χ1v) is 10.7. The maximum atomic E-state index is 12.8. The van der Waals surface area contributed by atoms with E-state index in [1.807, 2.05) is 39.8 Å². The van der Waals surface area contributed by atoms with Crippen LogP contribution in [0.4, 0.5) is 16.2 Å². The maximum absolute atomic E-state index is 12.8. The minimum Gasteiger partial charge on any atom is -0.490 e. The van der Waals surface area contributed by atoms with E-state index in [9.17, 15) is 9.59 Å². The highest BCUT2D eigenvalue weighted by Gasteiger charge is 2.32. The van der Waals surface area contributed by atoms with Crippen molar-refractivity contribution in [2.24, 2.45) is 5.41 Å². The highest BCUT2D eigenvalue weighted by molar-refractivity contribution is 5.99. The van der Waals surface area contributed by atoms with E-state index in [4.69, 9.17) is 4.74 Å². The van der Waals surface area contributed by atoms with Crippen LogP contribution in [0.25, 0.3) is 0 Å². The molecule has 1 aromatic rings. The molecule has 0 atom stereocenters. The number of amides is 3. The Kier molecular flexibility index (Phi) is 6.71. The Morgan fingerprint density at radius 3 is 2.53 bits per heavy atom. The number of likely N-dealkylation sites (tertiary alicyclic amines) is 1. The molecule has 2 heterocycles. The number of carbonyl (C=O) groups is 2. The van der Waals surface area contributed by atoms with Crippen molar-refractivity contribution in [2.45, 2.75) is 46.6 Å². The highest BCUT2D eigenvalue weighted by atomic mass is 16.5. The van der Waals surface area contributed by atoms with Crippen LogP contribution in [0, 0.1) is 5.41 Å². The average molecular weight is 415 g/mol. The molecule has 1 fully saturated rings. The van der Waals surface area contributed by atoms with Gasteiger partial charge < -0.3 is 20.3 Å². The van der Waals surface area contributed by atoms with Gasteiger partial charge in [0.1, 0.15) is 12.4 Å². The molecule has 7 nitrogen and oxygen atoms in total. The second-order valence-electron chi connectivity index (χ2n) is 9.34. The molecule has 1 saturated heterocycles. The summed E-state index contributed by atoms with van der Waals surface area (Å²) in [5.41, 5.74) is 2.01. The summed E-state index contributed by atoms with van der Waals surface area (Å²) in [6, 6.07) is 5.36. The third kappa shape index (κ3) is 5.53. The summed E-state index contributed by atoms with van der Waals surface area (Å²) in [5, 5.41) is 5.98. The molecule has 0 unspecified atom stereocenters. The van der Waals surface area contributed by atoms with Crippen molar-refractivity contribution >= 4 is 23.3 Å². The molecule has 0 radical (unpaired) electrons. The van der Waals surface area contributed by atoms with Gasteiger partial charge in [-0.25, -0.2) is 4.79 Å². The van der Waals surface area contributed by atoms with E-state index >= 15 is 0 Å². The molecule has 7 heteroatoms. The minimum atomic E-state index is -0.492. The van der Waals surface area contributed by atoms with Crippen LogP contribution >= 0.6 is 0 Å². The Bertz CT molecular complexity index is 807. The van der Waals surface area contributed by atoms with Gasteiger partial charge in [-0.1, -0.05) is 32.9 Å². The number of nitrogens with one attached hydrogen (secondary N) is 2. The fourth-order valence-corrected chi connectivity index (χ4v) is 3.88. The molecule has 0 bridgehead atoms. The van der Waals surface area contributed by atoms with Crippen LogP contribution in [-0.4, -0.2) is 55.7 Å². The number of anilines is 2. The van der Waals surface area contributed by atoms with E-state index in [0.717, 1.165) is 38.0 Å². The molecule has 0 aromatic heterocycles. The van der Waals surface area contributed by atoms with Crippen LogP contribution in [0.1, 0.15) is 40.5 Å². The number of rotatable bonds is 4. The molecule has 0 saturated carbocycles. The van der Waals surface area contributed by atoms with Gasteiger partial charge in [-0.2, -0.15) is 0 Å². The Balaban J connectivity index is 1.60. The van der Waals surface area contributed by atoms with Gasteiger partial charge in [0.25, 0.3) is 0 Å². The lowest BCUT2D eigenvalue weighted by molar-refractivity contribution is -0.126. The van der Waals surface area contributed by atoms with Crippen molar-refractivity contribution in [3.63, 3.8) is 0 Å². The zero-order chi connectivity index (χ0) is 21.9. The SMILES string of the molecule is C=C(C)CN1CCC(NC(=O)Nc2ccc3c(c2)N(C(=O)C(C)(C)C)CCO3)CC1. The average Bonchev–Trinajstić information content (AvgIpc) is 2.67. The van der Waals surface area contributed by atoms with E-state index in [2.05, 4.69) is 22.1 Å². The summed E-state index contributed by atoms with van der Waals surface area (Å²) in [6.45, 7) is 15.5. The van der Waals surface area contributed by atoms with Gasteiger partial charge in [0.05, 0.1) is 12.2 Å². The Morgan fingerprint density at radius 1 is 1.20 bits per heavy atom. The molecule has 0 aliphatic carbocycles. The monoisotopic (exact) mass is 414 g/mol. The summed E-state index contributed by atoms with van der Waals surface area (Å²) < 4.78 is 5.70. The number of piperidine rings is 1. The first-order chi connectivity index (χ1) is 14.1. The van der Waals surface area contributed by atoms with Gasteiger partial charge in [0.2, 0.25) is 5.91 Å². The van der Waals surface area contributed by atoms with Crippen LogP contribution < -0.4 is 20.3 Å². The van der Waals surface area contributed by atoms with Crippen molar-refractivity contribution < 1.29 is 14.3 Å². The number of urea groups is 1. The van der Waals surface area contributed by atoms with E-state index in [-0.39, 0.29) is 18.0 Å². The molecular weight excluding hydrogens is 380 g/mol. The lowest BCUT2D eigenvalue weighted by atomic mass is 9.94. The number of hydrogen-bond acceptors (Lipinski definition) is 4. The van der Waals surface area contributed by atoms with Crippen molar-refractivity contribution in [1.82, 2.24) is 10.2 Å². The van der Waals surface area contributed by atoms with E-state index in [0.29, 0.717) is 30.3 Å². The molecule has 1 aromatic carbocycles. The number of benzene rings is 1. The molecular formula is C23H34N4O3.